The first-order valence-corrected chi connectivity index (χ1v) is 6.25. The molecule has 0 radical (unpaired) electrons. The van der Waals surface area contributed by atoms with Crippen molar-refractivity contribution in [1.29, 1.82) is 0 Å². The van der Waals surface area contributed by atoms with Gasteiger partial charge in [-0.15, -0.1) is 0 Å². The Morgan fingerprint density at radius 1 is 1.07 bits per heavy atom. The lowest BCUT2D eigenvalue weighted by Gasteiger charge is -2.34. The Kier molecular flexibility index (Phi) is 5.03. The zero-order chi connectivity index (χ0) is 11.3. The Balaban J connectivity index is 2.09. The van der Waals surface area contributed by atoms with E-state index in [0.29, 0.717) is 0 Å². The van der Waals surface area contributed by atoms with Crippen LogP contribution in [0.25, 0.3) is 0 Å². The zero-order valence-electron chi connectivity index (χ0n) is 10.6. The Labute approximate surface area is 94.6 Å². The Morgan fingerprint density at radius 2 is 1.60 bits per heavy atom. The molecule has 3 heteroatoms. The maximum Gasteiger partial charge on any atom is 0.0110 e. The summed E-state index contributed by atoms with van der Waals surface area (Å²) in [5.74, 6) is 0. The molecule has 1 saturated heterocycles. The summed E-state index contributed by atoms with van der Waals surface area (Å²) in [4.78, 5) is 5.08. The van der Waals surface area contributed by atoms with Gasteiger partial charge in [-0.3, -0.25) is 0 Å². The molecule has 3 nitrogen and oxygen atoms in total. The molecule has 0 aromatic rings. The van der Waals surface area contributed by atoms with Gasteiger partial charge in [-0.1, -0.05) is 6.92 Å². The third-order valence-electron chi connectivity index (χ3n) is 3.21. The Morgan fingerprint density at radius 3 is 2.07 bits per heavy atom. The van der Waals surface area contributed by atoms with Gasteiger partial charge >= 0.3 is 0 Å². The van der Waals surface area contributed by atoms with Crippen LogP contribution in [0.5, 0.6) is 0 Å². The first kappa shape index (κ1) is 12.9. The smallest absolute Gasteiger partial charge is 0.0110 e. The van der Waals surface area contributed by atoms with Crippen LogP contribution in [0.2, 0.25) is 0 Å². The molecule has 1 heterocycles. The summed E-state index contributed by atoms with van der Waals surface area (Å²) in [6, 6.07) is 0. The van der Waals surface area contributed by atoms with E-state index in [1.807, 2.05) is 0 Å². The molecule has 2 N–H and O–H groups in total. The number of rotatable bonds is 5. The second-order valence-corrected chi connectivity index (χ2v) is 5.37. The average molecular weight is 213 g/mol. The number of nitrogens with two attached hydrogens (primary N) is 1. The van der Waals surface area contributed by atoms with E-state index in [9.17, 15) is 0 Å². The minimum atomic E-state index is 0.00520. The third kappa shape index (κ3) is 5.50. The van der Waals surface area contributed by atoms with E-state index in [4.69, 9.17) is 5.73 Å². The summed E-state index contributed by atoms with van der Waals surface area (Å²) in [5, 5.41) is 0. The van der Waals surface area contributed by atoms with Crippen molar-refractivity contribution in [2.45, 2.75) is 39.2 Å². The minimum absolute atomic E-state index is 0.00520. The molecule has 90 valence electrons. The molecule has 1 rings (SSSR count). The summed E-state index contributed by atoms with van der Waals surface area (Å²) in [6.07, 6.45) is 2.36. The van der Waals surface area contributed by atoms with Gasteiger partial charge in [0.15, 0.2) is 0 Å². The fraction of sp³-hybridized carbons (Fsp3) is 1.00. The predicted octanol–water partition coefficient (Wildman–Crippen LogP) is 1.14. The van der Waals surface area contributed by atoms with Crippen LogP contribution in [0, 0.1) is 0 Å². The third-order valence-corrected chi connectivity index (χ3v) is 3.21. The van der Waals surface area contributed by atoms with Gasteiger partial charge in [0.05, 0.1) is 0 Å². The van der Waals surface area contributed by atoms with Crippen LogP contribution < -0.4 is 5.73 Å². The summed E-state index contributed by atoms with van der Waals surface area (Å²) in [6.45, 7) is 13.8. The Bertz CT molecular complexity index is 166. The molecule has 0 spiro atoms. The summed E-state index contributed by atoms with van der Waals surface area (Å²) in [5.41, 5.74) is 5.97. The molecule has 0 bridgehead atoms. The molecular formula is C12H27N3. The minimum Gasteiger partial charge on any atom is -0.326 e. The van der Waals surface area contributed by atoms with Crippen LogP contribution in [0.4, 0.5) is 0 Å². The van der Waals surface area contributed by atoms with Crippen LogP contribution in [0.1, 0.15) is 33.6 Å². The molecule has 0 aromatic heterocycles. The van der Waals surface area contributed by atoms with Crippen molar-refractivity contribution < 1.29 is 0 Å². The predicted molar refractivity (Wildman–Crippen MR) is 66.1 cm³/mol. The van der Waals surface area contributed by atoms with E-state index in [1.54, 1.807) is 0 Å². The quantitative estimate of drug-likeness (QED) is 0.743. The molecule has 0 saturated carbocycles. The highest BCUT2D eigenvalue weighted by Gasteiger charge is 2.16. The second kappa shape index (κ2) is 5.83. The molecule has 1 fully saturated rings. The SMILES string of the molecule is CCN1CCN(CCCC(C)(C)N)CC1. The van der Waals surface area contributed by atoms with Crippen LogP contribution >= 0.6 is 0 Å². The maximum absolute atomic E-state index is 5.97. The molecule has 0 atom stereocenters. The lowest BCUT2D eigenvalue weighted by molar-refractivity contribution is 0.134. The summed E-state index contributed by atoms with van der Waals surface area (Å²) in [7, 11) is 0. The van der Waals surface area contributed by atoms with Gasteiger partial charge in [-0.05, 0) is 39.8 Å². The molecular weight excluding hydrogens is 186 g/mol. The molecule has 1 aliphatic heterocycles. The first-order chi connectivity index (χ1) is 7.01. The van der Waals surface area contributed by atoms with Gasteiger partial charge in [-0.25, -0.2) is 0 Å². The number of piperazine rings is 1. The van der Waals surface area contributed by atoms with E-state index < -0.39 is 0 Å². The fourth-order valence-electron chi connectivity index (χ4n) is 2.09. The second-order valence-electron chi connectivity index (χ2n) is 5.37. The van der Waals surface area contributed by atoms with Gasteiger partial charge in [0, 0.05) is 31.7 Å². The molecule has 0 unspecified atom stereocenters. The maximum atomic E-state index is 5.97. The average Bonchev–Trinajstić information content (AvgIpc) is 2.17. The van der Waals surface area contributed by atoms with Crippen molar-refractivity contribution >= 4 is 0 Å². The number of nitrogens with zero attached hydrogens (tertiary/aromatic N) is 2. The fourth-order valence-corrected chi connectivity index (χ4v) is 2.09. The number of hydrogen-bond acceptors (Lipinski definition) is 3. The summed E-state index contributed by atoms with van der Waals surface area (Å²) >= 11 is 0. The van der Waals surface area contributed by atoms with Gasteiger partial charge in [0.1, 0.15) is 0 Å². The first-order valence-electron chi connectivity index (χ1n) is 6.25. The highest BCUT2D eigenvalue weighted by atomic mass is 15.3. The molecule has 1 aliphatic rings. The van der Waals surface area contributed by atoms with Gasteiger partial charge in [0.2, 0.25) is 0 Å². The van der Waals surface area contributed by atoms with E-state index in [1.165, 1.54) is 45.7 Å². The van der Waals surface area contributed by atoms with Crippen LogP contribution in [-0.2, 0) is 0 Å². The van der Waals surface area contributed by atoms with Crippen LogP contribution in [0.3, 0.4) is 0 Å². The van der Waals surface area contributed by atoms with Gasteiger partial charge in [-0.2, -0.15) is 0 Å². The van der Waals surface area contributed by atoms with Crippen molar-refractivity contribution in [3.8, 4) is 0 Å². The van der Waals surface area contributed by atoms with Crippen molar-refractivity contribution in [1.82, 2.24) is 9.80 Å². The van der Waals surface area contributed by atoms with E-state index in [2.05, 4.69) is 30.6 Å². The molecule has 0 amide bonds. The molecule has 15 heavy (non-hydrogen) atoms. The lowest BCUT2D eigenvalue weighted by atomic mass is 10.00. The highest BCUT2D eigenvalue weighted by molar-refractivity contribution is 4.75. The number of likely N-dealkylation sites (N-methyl/N-ethyl adjacent to an activating group) is 1. The largest absolute Gasteiger partial charge is 0.326 e. The van der Waals surface area contributed by atoms with Crippen molar-refractivity contribution in [3.05, 3.63) is 0 Å². The van der Waals surface area contributed by atoms with Crippen molar-refractivity contribution in [3.63, 3.8) is 0 Å². The van der Waals surface area contributed by atoms with Gasteiger partial charge < -0.3 is 15.5 Å². The van der Waals surface area contributed by atoms with E-state index in [-0.39, 0.29) is 5.54 Å². The summed E-state index contributed by atoms with van der Waals surface area (Å²) < 4.78 is 0. The van der Waals surface area contributed by atoms with E-state index >= 15 is 0 Å². The Hall–Kier alpha value is -0.120. The highest BCUT2D eigenvalue weighted by Crippen LogP contribution is 2.09. The van der Waals surface area contributed by atoms with Crippen molar-refractivity contribution in [2.24, 2.45) is 5.73 Å². The monoisotopic (exact) mass is 213 g/mol. The van der Waals surface area contributed by atoms with Gasteiger partial charge in [0.25, 0.3) is 0 Å². The molecule has 0 aliphatic carbocycles. The van der Waals surface area contributed by atoms with Crippen LogP contribution in [0.15, 0.2) is 0 Å². The standard InChI is InChI=1S/C12H27N3/c1-4-14-8-10-15(11-9-14)7-5-6-12(2,3)13/h4-11,13H2,1-3H3. The van der Waals surface area contributed by atoms with E-state index in [0.717, 1.165) is 6.42 Å². The normalized spacial score (nSPS) is 20.8. The number of hydrogen-bond donors (Lipinski definition) is 1. The van der Waals surface area contributed by atoms with Crippen LogP contribution in [-0.4, -0.2) is 54.6 Å². The van der Waals surface area contributed by atoms with Crippen molar-refractivity contribution in [2.75, 3.05) is 39.3 Å². The lowest BCUT2D eigenvalue weighted by Crippen LogP contribution is -2.46. The zero-order valence-corrected chi connectivity index (χ0v) is 10.6. The topological polar surface area (TPSA) is 32.5 Å². The molecule has 0 aromatic carbocycles.